The van der Waals surface area contributed by atoms with Crippen molar-refractivity contribution in [2.24, 2.45) is 0 Å². The lowest BCUT2D eigenvalue weighted by Crippen LogP contribution is -2.40. The van der Waals surface area contributed by atoms with Crippen LogP contribution in [0.15, 0.2) is 45.8 Å². The second kappa shape index (κ2) is 7.92. The molecule has 0 aliphatic carbocycles. The number of halogens is 1. The molecule has 1 fully saturated rings. The largest absolute Gasteiger partial charge is 0.495 e. The first-order chi connectivity index (χ1) is 13.2. The van der Waals surface area contributed by atoms with E-state index in [-0.39, 0.29) is 41.0 Å². The summed E-state index contributed by atoms with van der Waals surface area (Å²) in [6, 6.07) is 9.28. The first kappa shape index (κ1) is 20.3. The average Bonchev–Trinajstić information content (AvgIpc) is 2.64. The van der Waals surface area contributed by atoms with Gasteiger partial charge in [-0.25, -0.2) is 8.42 Å². The SMILES string of the molecule is COc1ccc(N2C(=O)CCCC2=O)cc1S(=O)(=O)Nc1ccc(Br)c(C)c1. The lowest BCUT2D eigenvalue weighted by atomic mass is 10.1. The van der Waals surface area contributed by atoms with E-state index in [1.807, 2.05) is 6.92 Å². The molecule has 0 spiro atoms. The number of hydrogen-bond donors (Lipinski definition) is 1. The number of anilines is 2. The van der Waals surface area contributed by atoms with E-state index in [2.05, 4.69) is 20.7 Å². The van der Waals surface area contributed by atoms with E-state index < -0.39 is 10.0 Å². The Morgan fingerprint density at radius 1 is 1.07 bits per heavy atom. The van der Waals surface area contributed by atoms with Gasteiger partial charge in [-0.05, 0) is 55.3 Å². The summed E-state index contributed by atoms with van der Waals surface area (Å²) in [5.41, 5.74) is 1.46. The van der Waals surface area contributed by atoms with Crippen molar-refractivity contribution in [2.75, 3.05) is 16.7 Å². The molecule has 0 atom stereocenters. The topological polar surface area (TPSA) is 92.8 Å². The van der Waals surface area contributed by atoms with E-state index >= 15 is 0 Å². The number of ether oxygens (including phenoxy) is 1. The summed E-state index contributed by atoms with van der Waals surface area (Å²) < 4.78 is 34.5. The van der Waals surface area contributed by atoms with Crippen LogP contribution in [-0.4, -0.2) is 27.3 Å². The zero-order chi connectivity index (χ0) is 20.5. The van der Waals surface area contributed by atoms with E-state index in [0.717, 1.165) is 14.9 Å². The zero-order valence-corrected chi connectivity index (χ0v) is 17.8. The number of aryl methyl sites for hydroxylation is 1. The van der Waals surface area contributed by atoms with Gasteiger partial charge in [0, 0.05) is 23.0 Å². The number of methoxy groups -OCH3 is 1. The maximum atomic E-state index is 13.0. The molecule has 148 valence electrons. The average molecular weight is 467 g/mol. The standard InChI is InChI=1S/C19H19BrN2O5S/c1-12-10-13(6-8-15(12)20)21-28(25,26)17-11-14(7-9-16(17)27-2)22-18(23)4-3-5-19(22)24/h6-11,21H,3-5H2,1-2H3. The molecule has 1 saturated heterocycles. The highest BCUT2D eigenvalue weighted by Crippen LogP contribution is 2.32. The quantitative estimate of drug-likeness (QED) is 0.679. The predicted molar refractivity (Wildman–Crippen MR) is 109 cm³/mol. The number of carbonyl (C=O) groups excluding carboxylic acids is 2. The molecule has 1 aliphatic heterocycles. The first-order valence-electron chi connectivity index (χ1n) is 8.56. The number of hydrogen-bond acceptors (Lipinski definition) is 5. The van der Waals surface area contributed by atoms with Crippen LogP contribution in [0.4, 0.5) is 11.4 Å². The minimum atomic E-state index is -4.02. The summed E-state index contributed by atoms with van der Waals surface area (Å²) in [4.78, 5) is 25.3. The van der Waals surface area contributed by atoms with Crippen LogP contribution in [0.1, 0.15) is 24.8 Å². The predicted octanol–water partition coefficient (Wildman–Crippen LogP) is 3.61. The molecule has 0 unspecified atom stereocenters. The first-order valence-corrected chi connectivity index (χ1v) is 10.8. The third-order valence-electron chi connectivity index (χ3n) is 4.39. The Morgan fingerprint density at radius 3 is 2.36 bits per heavy atom. The Labute approximate surface area is 171 Å². The van der Waals surface area contributed by atoms with Crippen molar-refractivity contribution >= 4 is 49.1 Å². The van der Waals surface area contributed by atoms with Gasteiger partial charge in [0.05, 0.1) is 12.8 Å². The van der Waals surface area contributed by atoms with Crippen LogP contribution in [0, 0.1) is 6.92 Å². The minimum absolute atomic E-state index is 0.113. The fourth-order valence-electron chi connectivity index (χ4n) is 2.97. The normalized spacial score (nSPS) is 14.9. The Morgan fingerprint density at radius 2 is 1.75 bits per heavy atom. The lowest BCUT2D eigenvalue weighted by molar-refractivity contribution is -0.129. The minimum Gasteiger partial charge on any atom is -0.495 e. The van der Waals surface area contributed by atoms with Crippen molar-refractivity contribution in [3.8, 4) is 5.75 Å². The summed E-state index contributed by atoms with van der Waals surface area (Å²) in [5.74, 6) is -0.579. The zero-order valence-electron chi connectivity index (χ0n) is 15.4. The molecular weight excluding hydrogens is 448 g/mol. The summed E-state index contributed by atoms with van der Waals surface area (Å²) >= 11 is 3.37. The van der Waals surface area contributed by atoms with Crippen LogP contribution in [0.2, 0.25) is 0 Å². The Balaban J connectivity index is 2.02. The number of imide groups is 1. The van der Waals surface area contributed by atoms with E-state index in [1.165, 1.54) is 25.3 Å². The van der Waals surface area contributed by atoms with E-state index in [1.54, 1.807) is 18.2 Å². The number of nitrogens with one attached hydrogen (secondary N) is 1. The number of amides is 2. The number of nitrogens with zero attached hydrogens (tertiary/aromatic N) is 1. The molecule has 9 heteroatoms. The maximum absolute atomic E-state index is 13.0. The van der Waals surface area contributed by atoms with Crippen molar-refractivity contribution in [3.63, 3.8) is 0 Å². The molecule has 2 aromatic rings. The van der Waals surface area contributed by atoms with Gasteiger partial charge < -0.3 is 4.74 Å². The van der Waals surface area contributed by atoms with Gasteiger partial charge in [-0.1, -0.05) is 15.9 Å². The smallest absolute Gasteiger partial charge is 0.265 e. The monoisotopic (exact) mass is 466 g/mol. The lowest BCUT2D eigenvalue weighted by Gasteiger charge is -2.25. The molecule has 7 nitrogen and oxygen atoms in total. The third-order valence-corrected chi connectivity index (χ3v) is 6.68. The molecular formula is C19H19BrN2O5S. The van der Waals surface area contributed by atoms with E-state index in [9.17, 15) is 18.0 Å². The molecule has 1 aliphatic rings. The van der Waals surface area contributed by atoms with Crippen molar-refractivity contribution in [1.82, 2.24) is 0 Å². The molecule has 0 saturated carbocycles. The van der Waals surface area contributed by atoms with Gasteiger partial charge in [-0.2, -0.15) is 0 Å². The van der Waals surface area contributed by atoms with Gasteiger partial charge >= 0.3 is 0 Å². The number of benzene rings is 2. The molecule has 0 aromatic heterocycles. The molecule has 28 heavy (non-hydrogen) atoms. The second-order valence-electron chi connectivity index (χ2n) is 6.38. The molecule has 3 rings (SSSR count). The summed E-state index contributed by atoms with van der Waals surface area (Å²) in [6.07, 6.45) is 0.993. The molecule has 2 aromatic carbocycles. The van der Waals surface area contributed by atoms with Gasteiger partial charge in [0.15, 0.2) is 0 Å². The summed E-state index contributed by atoms with van der Waals surface area (Å²) in [7, 11) is -2.67. The van der Waals surface area contributed by atoms with Crippen LogP contribution in [0.3, 0.4) is 0 Å². The van der Waals surface area contributed by atoms with Crippen LogP contribution in [0.5, 0.6) is 5.75 Å². The highest BCUT2D eigenvalue weighted by Gasteiger charge is 2.29. The molecule has 1 N–H and O–H groups in total. The Kier molecular flexibility index (Phi) is 5.76. The number of sulfonamides is 1. The van der Waals surface area contributed by atoms with Crippen molar-refractivity contribution in [3.05, 3.63) is 46.4 Å². The number of carbonyl (C=O) groups is 2. The molecule has 1 heterocycles. The van der Waals surface area contributed by atoms with Crippen LogP contribution < -0.4 is 14.4 Å². The molecule has 2 amide bonds. The fourth-order valence-corrected chi connectivity index (χ4v) is 4.46. The summed E-state index contributed by atoms with van der Waals surface area (Å²) in [5, 5.41) is 0. The third kappa shape index (κ3) is 4.05. The maximum Gasteiger partial charge on any atom is 0.265 e. The fraction of sp³-hybridized carbons (Fsp3) is 0.263. The van der Waals surface area contributed by atoms with Crippen LogP contribution >= 0.6 is 15.9 Å². The van der Waals surface area contributed by atoms with Gasteiger partial charge in [-0.15, -0.1) is 0 Å². The highest BCUT2D eigenvalue weighted by molar-refractivity contribution is 9.10. The van der Waals surface area contributed by atoms with Gasteiger partial charge in [0.25, 0.3) is 10.0 Å². The van der Waals surface area contributed by atoms with Gasteiger partial charge in [0.2, 0.25) is 11.8 Å². The Bertz CT molecular complexity index is 1040. The number of rotatable bonds is 5. The van der Waals surface area contributed by atoms with Crippen molar-refractivity contribution < 1.29 is 22.7 Å². The second-order valence-corrected chi connectivity index (χ2v) is 8.89. The molecule has 0 radical (unpaired) electrons. The molecule has 0 bridgehead atoms. The van der Waals surface area contributed by atoms with Crippen LogP contribution in [-0.2, 0) is 19.6 Å². The number of piperidine rings is 1. The van der Waals surface area contributed by atoms with E-state index in [0.29, 0.717) is 12.1 Å². The highest BCUT2D eigenvalue weighted by atomic mass is 79.9. The van der Waals surface area contributed by atoms with Gasteiger partial charge in [-0.3, -0.25) is 19.2 Å². The Hall–Kier alpha value is -2.39. The summed E-state index contributed by atoms with van der Waals surface area (Å²) in [6.45, 7) is 1.84. The van der Waals surface area contributed by atoms with Gasteiger partial charge in [0.1, 0.15) is 10.6 Å². The van der Waals surface area contributed by atoms with Crippen LogP contribution in [0.25, 0.3) is 0 Å². The van der Waals surface area contributed by atoms with Crippen molar-refractivity contribution in [1.29, 1.82) is 0 Å². The van der Waals surface area contributed by atoms with Crippen molar-refractivity contribution in [2.45, 2.75) is 31.1 Å². The van der Waals surface area contributed by atoms with E-state index in [4.69, 9.17) is 4.74 Å².